The van der Waals surface area contributed by atoms with E-state index in [0.29, 0.717) is 13.1 Å². The standard InChI is InChI=1S/C18H22BrN3O2/c1-18(2,3)24-17(23)22-8-7-12-9-13(5-6-14(12)11-22)16-20-10-15(19)21(16)4/h5-6,9-10H,7-8,11H2,1-4H3. The Hall–Kier alpha value is -1.82. The number of halogens is 1. The summed E-state index contributed by atoms with van der Waals surface area (Å²) in [5.74, 6) is 0.930. The fourth-order valence-corrected chi connectivity index (χ4v) is 3.10. The summed E-state index contributed by atoms with van der Waals surface area (Å²) in [7, 11) is 1.98. The van der Waals surface area contributed by atoms with Crippen LogP contribution in [-0.4, -0.2) is 32.7 Å². The molecular formula is C18H22BrN3O2. The minimum absolute atomic E-state index is 0.245. The van der Waals surface area contributed by atoms with Crippen molar-refractivity contribution in [2.45, 2.75) is 39.3 Å². The van der Waals surface area contributed by atoms with Crippen molar-refractivity contribution in [2.75, 3.05) is 6.54 Å². The summed E-state index contributed by atoms with van der Waals surface area (Å²) in [4.78, 5) is 18.5. The average Bonchev–Trinajstić information content (AvgIpc) is 2.84. The first-order valence-electron chi connectivity index (χ1n) is 8.02. The highest BCUT2D eigenvalue weighted by Crippen LogP contribution is 2.27. The van der Waals surface area contributed by atoms with Crippen molar-refractivity contribution in [1.82, 2.24) is 14.5 Å². The first-order chi connectivity index (χ1) is 11.2. The third kappa shape index (κ3) is 3.48. The number of carbonyl (C=O) groups excluding carboxylic acids is 1. The third-order valence-electron chi connectivity index (χ3n) is 4.06. The van der Waals surface area contributed by atoms with E-state index in [0.717, 1.165) is 22.4 Å². The van der Waals surface area contributed by atoms with Gasteiger partial charge in [0, 0.05) is 25.7 Å². The molecule has 0 spiro atoms. The van der Waals surface area contributed by atoms with E-state index in [1.54, 1.807) is 11.1 Å². The molecule has 1 amide bonds. The van der Waals surface area contributed by atoms with E-state index in [1.165, 1.54) is 11.1 Å². The average molecular weight is 392 g/mol. The second-order valence-corrected chi connectivity index (χ2v) is 7.91. The number of ether oxygens (including phenoxy) is 1. The van der Waals surface area contributed by atoms with Crippen molar-refractivity contribution < 1.29 is 9.53 Å². The lowest BCUT2D eigenvalue weighted by Gasteiger charge is -2.31. The number of fused-ring (bicyclic) bond motifs is 1. The van der Waals surface area contributed by atoms with Crippen LogP contribution in [0.15, 0.2) is 29.0 Å². The van der Waals surface area contributed by atoms with Gasteiger partial charge in [0.15, 0.2) is 0 Å². The van der Waals surface area contributed by atoms with Gasteiger partial charge in [-0.2, -0.15) is 0 Å². The molecule has 1 aromatic heterocycles. The fraction of sp³-hybridized carbons (Fsp3) is 0.444. The summed E-state index contributed by atoms with van der Waals surface area (Å²) in [5, 5.41) is 0. The molecular weight excluding hydrogens is 370 g/mol. The van der Waals surface area contributed by atoms with Gasteiger partial charge in [-0.25, -0.2) is 9.78 Å². The molecule has 2 aromatic rings. The normalized spacial score (nSPS) is 14.5. The minimum atomic E-state index is -0.465. The summed E-state index contributed by atoms with van der Waals surface area (Å²) >= 11 is 3.48. The zero-order valence-electron chi connectivity index (χ0n) is 14.5. The summed E-state index contributed by atoms with van der Waals surface area (Å²) < 4.78 is 8.43. The molecule has 0 saturated carbocycles. The molecule has 0 fully saturated rings. The number of benzene rings is 1. The second-order valence-electron chi connectivity index (χ2n) is 7.10. The maximum atomic E-state index is 12.2. The van der Waals surface area contributed by atoms with Gasteiger partial charge in [0.25, 0.3) is 0 Å². The molecule has 0 bridgehead atoms. The molecule has 1 aliphatic rings. The molecule has 3 rings (SSSR count). The Bertz CT molecular complexity index is 777. The molecule has 0 radical (unpaired) electrons. The van der Waals surface area contributed by atoms with E-state index >= 15 is 0 Å². The number of hydrogen-bond donors (Lipinski definition) is 0. The number of nitrogens with zero attached hydrogens (tertiary/aromatic N) is 3. The first-order valence-corrected chi connectivity index (χ1v) is 8.81. The van der Waals surface area contributed by atoms with E-state index in [1.807, 2.05) is 32.4 Å². The number of imidazole rings is 1. The Balaban J connectivity index is 1.80. The van der Waals surface area contributed by atoms with Gasteiger partial charge in [-0.15, -0.1) is 0 Å². The number of aromatic nitrogens is 2. The Morgan fingerprint density at radius 1 is 1.29 bits per heavy atom. The largest absolute Gasteiger partial charge is 0.444 e. The predicted octanol–water partition coefficient (Wildman–Crippen LogP) is 4.14. The number of rotatable bonds is 1. The van der Waals surface area contributed by atoms with E-state index in [4.69, 9.17) is 4.74 Å². The second kappa shape index (κ2) is 6.24. The quantitative estimate of drug-likeness (QED) is 0.733. The van der Waals surface area contributed by atoms with Crippen molar-refractivity contribution in [2.24, 2.45) is 7.05 Å². The van der Waals surface area contributed by atoms with Crippen molar-refractivity contribution in [3.05, 3.63) is 40.1 Å². The van der Waals surface area contributed by atoms with Crippen LogP contribution in [0.4, 0.5) is 4.79 Å². The first kappa shape index (κ1) is 17.0. The van der Waals surface area contributed by atoms with E-state index in [2.05, 4.69) is 39.1 Å². The third-order valence-corrected chi connectivity index (χ3v) is 4.80. The van der Waals surface area contributed by atoms with Crippen LogP contribution >= 0.6 is 15.9 Å². The summed E-state index contributed by atoms with van der Waals surface area (Å²) in [6.07, 6.45) is 2.39. The fourth-order valence-electron chi connectivity index (χ4n) is 2.83. The van der Waals surface area contributed by atoms with E-state index in [9.17, 15) is 4.79 Å². The molecule has 6 heteroatoms. The van der Waals surface area contributed by atoms with Crippen LogP contribution in [0.1, 0.15) is 31.9 Å². The van der Waals surface area contributed by atoms with Gasteiger partial charge >= 0.3 is 6.09 Å². The Labute approximate surface area is 150 Å². The van der Waals surface area contributed by atoms with Gasteiger partial charge in [0.2, 0.25) is 0 Å². The smallest absolute Gasteiger partial charge is 0.410 e. The van der Waals surface area contributed by atoms with Crippen LogP contribution in [0, 0.1) is 0 Å². The maximum absolute atomic E-state index is 12.2. The van der Waals surface area contributed by atoms with Gasteiger partial charge in [0.05, 0.1) is 6.20 Å². The van der Waals surface area contributed by atoms with Crippen molar-refractivity contribution in [3.63, 3.8) is 0 Å². The Morgan fingerprint density at radius 2 is 2.04 bits per heavy atom. The van der Waals surface area contributed by atoms with Crippen LogP contribution in [-0.2, 0) is 24.8 Å². The zero-order valence-corrected chi connectivity index (χ0v) is 16.1. The minimum Gasteiger partial charge on any atom is -0.444 e. The van der Waals surface area contributed by atoms with Crippen LogP contribution in [0.3, 0.4) is 0 Å². The molecule has 0 N–H and O–H groups in total. The lowest BCUT2D eigenvalue weighted by Crippen LogP contribution is -2.39. The zero-order chi connectivity index (χ0) is 17.5. The highest BCUT2D eigenvalue weighted by atomic mass is 79.9. The van der Waals surface area contributed by atoms with Gasteiger partial charge in [0.1, 0.15) is 16.0 Å². The maximum Gasteiger partial charge on any atom is 0.410 e. The van der Waals surface area contributed by atoms with E-state index < -0.39 is 5.60 Å². The summed E-state index contributed by atoms with van der Waals surface area (Å²) in [6.45, 7) is 6.94. The molecule has 0 aliphatic carbocycles. The molecule has 2 heterocycles. The van der Waals surface area contributed by atoms with Crippen LogP contribution in [0.25, 0.3) is 11.4 Å². The van der Waals surface area contributed by atoms with E-state index in [-0.39, 0.29) is 6.09 Å². The van der Waals surface area contributed by atoms with Crippen molar-refractivity contribution in [3.8, 4) is 11.4 Å². The number of amides is 1. The molecule has 0 unspecified atom stereocenters. The molecule has 0 saturated heterocycles. The highest BCUT2D eigenvalue weighted by Gasteiger charge is 2.26. The number of carbonyl (C=O) groups is 1. The summed E-state index contributed by atoms with van der Waals surface area (Å²) in [5.41, 5.74) is 3.07. The van der Waals surface area contributed by atoms with Crippen LogP contribution in [0.2, 0.25) is 0 Å². The Morgan fingerprint density at radius 3 is 2.67 bits per heavy atom. The summed E-state index contributed by atoms with van der Waals surface area (Å²) in [6, 6.07) is 6.33. The lowest BCUT2D eigenvalue weighted by atomic mass is 9.97. The van der Waals surface area contributed by atoms with Gasteiger partial charge in [-0.05, 0) is 60.3 Å². The lowest BCUT2D eigenvalue weighted by molar-refractivity contribution is 0.0224. The topological polar surface area (TPSA) is 47.4 Å². The van der Waals surface area contributed by atoms with Gasteiger partial charge < -0.3 is 14.2 Å². The highest BCUT2D eigenvalue weighted by molar-refractivity contribution is 9.10. The van der Waals surface area contributed by atoms with Crippen molar-refractivity contribution >= 4 is 22.0 Å². The van der Waals surface area contributed by atoms with Crippen molar-refractivity contribution in [1.29, 1.82) is 0 Å². The van der Waals surface area contributed by atoms with Crippen LogP contribution < -0.4 is 0 Å². The Kier molecular flexibility index (Phi) is 4.42. The molecule has 1 aromatic carbocycles. The molecule has 24 heavy (non-hydrogen) atoms. The molecule has 0 atom stereocenters. The van der Waals surface area contributed by atoms with Gasteiger partial charge in [-0.1, -0.05) is 12.1 Å². The van der Waals surface area contributed by atoms with Gasteiger partial charge in [-0.3, -0.25) is 0 Å². The SMILES string of the molecule is Cn1c(Br)cnc1-c1ccc2c(c1)CCN(C(=O)OC(C)(C)C)C2. The molecule has 1 aliphatic heterocycles. The molecule has 5 nitrogen and oxygen atoms in total. The predicted molar refractivity (Wildman–Crippen MR) is 96.7 cm³/mol. The monoisotopic (exact) mass is 391 g/mol. The van der Waals surface area contributed by atoms with Crippen LogP contribution in [0.5, 0.6) is 0 Å². The molecule has 128 valence electrons. The number of hydrogen-bond acceptors (Lipinski definition) is 3.